The van der Waals surface area contributed by atoms with Crippen LogP contribution in [0.25, 0.3) is 0 Å². The lowest BCUT2D eigenvalue weighted by Gasteiger charge is -2.18. The highest BCUT2D eigenvalue weighted by molar-refractivity contribution is 9.10. The van der Waals surface area contributed by atoms with E-state index >= 15 is 0 Å². The molecule has 1 aliphatic heterocycles. The number of hydrogen-bond acceptors (Lipinski definition) is 2. The lowest BCUT2D eigenvalue weighted by atomic mass is 10.2. The molecule has 76 valence electrons. The third-order valence-electron chi connectivity index (χ3n) is 2.62. The maximum Gasteiger partial charge on any atom is 0.0447 e. The van der Waals surface area contributed by atoms with E-state index in [-0.39, 0.29) is 6.61 Å². The van der Waals surface area contributed by atoms with Gasteiger partial charge in [0, 0.05) is 29.9 Å². The lowest BCUT2D eigenvalue weighted by molar-refractivity contribution is 0.290. The fourth-order valence-corrected chi connectivity index (χ4v) is 2.34. The molecule has 0 atom stereocenters. The summed E-state index contributed by atoms with van der Waals surface area (Å²) in [6.07, 6.45) is 1.98. The molecule has 1 aliphatic rings. The Kier molecular flexibility index (Phi) is 3.08. The summed E-state index contributed by atoms with van der Waals surface area (Å²) in [5.41, 5.74) is 2.75. The SMILES string of the molecule is OCCCN1CCc2cc(Br)ccc21. The van der Waals surface area contributed by atoms with Crippen molar-refractivity contribution < 1.29 is 5.11 Å². The molecule has 0 unspecified atom stereocenters. The monoisotopic (exact) mass is 255 g/mol. The largest absolute Gasteiger partial charge is 0.396 e. The summed E-state index contributed by atoms with van der Waals surface area (Å²) in [4.78, 5) is 2.35. The molecule has 0 aromatic heterocycles. The molecule has 1 aromatic carbocycles. The summed E-state index contributed by atoms with van der Waals surface area (Å²) < 4.78 is 1.15. The number of aliphatic hydroxyl groups excluding tert-OH is 1. The van der Waals surface area contributed by atoms with E-state index < -0.39 is 0 Å². The topological polar surface area (TPSA) is 23.5 Å². The molecule has 1 heterocycles. The summed E-state index contributed by atoms with van der Waals surface area (Å²) in [5, 5.41) is 8.78. The first kappa shape index (κ1) is 9.99. The van der Waals surface area contributed by atoms with Crippen LogP contribution in [0.3, 0.4) is 0 Å². The highest BCUT2D eigenvalue weighted by Crippen LogP contribution is 2.30. The molecule has 0 amide bonds. The van der Waals surface area contributed by atoms with Crippen LogP contribution in [0.5, 0.6) is 0 Å². The van der Waals surface area contributed by atoms with E-state index in [2.05, 4.69) is 39.0 Å². The lowest BCUT2D eigenvalue weighted by Crippen LogP contribution is -2.22. The van der Waals surface area contributed by atoms with Crippen LogP contribution in [0, 0.1) is 0 Å². The first-order valence-corrected chi connectivity index (χ1v) is 5.75. The molecule has 0 fully saturated rings. The molecular weight excluding hydrogens is 242 g/mol. The van der Waals surface area contributed by atoms with E-state index in [0.717, 1.165) is 30.4 Å². The van der Waals surface area contributed by atoms with Gasteiger partial charge in [-0.05, 0) is 36.6 Å². The Morgan fingerprint density at radius 1 is 1.43 bits per heavy atom. The van der Waals surface area contributed by atoms with Gasteiger partial charge in [0.2, 0.25) is 0 Å². The second-order valence-corrected chi connectivity index (χ2v) is 4.50. The highest BCUT2D eigenvalue weighted by Gasteiger charge is 2.17. The van der Waals surface area contributed by atoms with Crippen molar-refractivity contribution in [2.75, 3.05) is 24.6 Å². The van der Waals surface area contributed by atoms with E-state index in [0.29, 0.717) is 0 Å². The first-order chi connectivity index (χ1) is 6.81. The van der Waals surface area contributed by atoms with Crippen LogP contribution in [-0.4, -0.2) is 24.8 Å². The Labute approximate surface area is 92.7 Å². The molecule has 1 aromatic rings. The van der Waals surface area contributed by atoms with Gasteiger partial charge < -0.3 is 10.0 Å². The molecule has 0 radical (unpaired) electrons. The molecule has 0 aliphatic carbocycles. The molecular formula is C11H14BrNO. The zero-order chi connectivity index (χ0) is 9.97. The van der Waals surface area contributed by atoms with Gasteiger partial charge in [-0.1, -0.05) is 15.9 Å². The summed E-state index contributed by atoms with van der Waals surface area (Å²) in [6.45, 7) is 2.33. The van der Waals surface area contributed by atoms with Gasteiger partial charge in [0.05, 0.1) is 0 Å². The smallest absolute Gasteiger partial charge is 0.0447 e. The number of halogens is 1. The summed E-state index contributed by atoms with van der Waals surface area (Å²) in [5.74, 6) is 0. The fourth-order valence-electron chi connectivity index (χ4n) is 1.93. The second-order valence-electron chi connectivity index (χ2n) is 3.59. The van der Waals surface area contributed by atoms with Crippen molar-refractivity contribution in [1.29, 1.82) is 0 Å². The highest BCUT2D eigenvalue weighted by atomic mass is 79.9. The minimum absolute atomic E-state index is 0.280. The molecule has 3 heteroatoms. The van der Waals surface area contributed by atoms with Crippen molar-refractivity contribution in [2.45, 2.75) is 12.8 Å². The maximum atomic E-state index is 8.78. The third kappa shape index (κ3) is 1.93. The van der Waals surface area contributed by atoms with E-state index in [9.17, 15) is 0 Å². The fraction of sp³-hybridized carbons (Fsp3) is 0.455. The van der Waals surface area contributed by atoms with Crippen molar-refractivity contribution in [1.82, 2.24) is 0 Å². The van der Waals surface area contributed by atoms with Crippen LogP contribution in [-0.2, 0) is 6.42 Å². The minimum atomic E-state index is 0.280. The average Bonchev–Trinajstić information content (AvgIpc) is 2.57. The standard InChI is InChI=1S/C11H14BrNO/c12-10-2-3-11-9(8-10)4-6-13(11)5-1-7-14/h2-3,8,14H,1,4-7H2. The predicted molar refractivity (Wildman–Crippen MR) is 61.8 cm³/mol. The van der Waals surface area contributed by atoms with Crippen molar-refractivity contribution in [3.8, 4) is 0 Å². The van der Waals surface area contributed by atoms with Crippen molar-refractivity contribution in [2.24, 2.45) is 0 Å². The third-order valence-corrected chi connectivity index (χ3v) is 3.11. The normalized spacial score (nSPS) is 14.6. The van der Waals surface area contributed by atoms with E-state index in [4.69, 9.17) is 5.11 Å². The van der Waals surface area contributed by atoms with E-state index in [1.807, 2.05) is 0 Å². The maximum absolute atomic E-state index is 8.78. The van der Waals surface area contributed by atoms with Gasteiger partial charge >= 0.3 is 0 Å². The van der Waals surface area contributed by atoms with Gasteiger partial charge in [-0.15, -0.1) is 0 Å². The minimum Gasteiger partial charge on any atom is -0.396 e. The van der Waals surface area contributed by atoms with Crippen molar-refractivity contribution >= 4 is 21.6 Å². The van der Waals surface area contributed by atoms with Crippen LogP contribution in [0.2, 0.25) is 0 Å². The summed E-state index contributed by atoms with van der Waals surface area (Å²) >= 11 is 3.48. The quantitative estimate of drug-likeness (QED) is 0.896. The van der Waals surface area contributed by atoms with Crippen LogP contribution >= 0.6 is 15.9 Å². The molecule has 2 rings (SSSR count). The Balaban J connectivity index is 2.14. The van der Waals surface area contributed by atoms with Crippen LogP contribution in [0.1, 0.15) is 12.0 Å². The van der Waals surface area contributed by atoms with Gasteiger partial charge in [-0.2, -0.15) is 0 Å². The van der Waals surface area contributed by atoms with Crippen LogP contribution in [0.4, 0.5) is 5.69 Å². The number of rotatable bonds is 3. The van der Waals surface area contributed by atoms with Gasteiger partial charge in [0.25, 0.3) is 0 Å². The van der Waals surface area contributed by atoms with Crippen LogP contribution in [0.15, 0.2) is 22.7 Å². The van der Waals surface area contributed by atoms with Crippen molar-refractivity contribution in [3.05, 3.63) is 28.2 Å². The van der Waals surface area contributed by atoms with Gasteiger partial charge in [0.1, 0.15) is 0 Å². The van der Waals surface area contributed by atoms with Crippen molar-refractivity contribution in [3.63, 3.8) is 0 Å². The van der Waals surface area contributed by atoms with E-state index in [1.165, 1.54) is 11.3 Å². The molecule has 0 saturated heterocycles. The molecule has 1 N–H and O–H groups in total. The van der Waals surface area contributed by atoms with Gasteiger partial charge in [-0.25, -0.2) is 0 Å². The Bertz CT molecular complexity index is 327. The Hall–Kier alpha value is -0.540. The Morgan fingerprint density at radius 2 is 2.29 bits per heavy atom. The Morgan fingerprint density at radius 3 is 3.07 bits per heavy atom. The van der Waals surface area contributed by atoms with Gasteiger partial charge in [0.15, 0.2) is 0 Å². The number of fused-ring (bicyclic) bond motifs is 1. The molecule has 0 bridgehead atoms. The molecule has 14 heavy (non-hydrogen) atoms. The van der Waals surface area contributed by atoms with E-state index in [1.54, 1.807) is 0 Å². The molecule has 2 nitrogen and oxygen atoms in total. The number of benzene rings is 1. The second kappa shape index (κ2) is 4.32. The summed E-state index contributed by atoms with van der Waals surface area (Å²) in [6, 6.07) is 6.42. The zero-order valence-electron chi connectivity index (χ0n) is 8.04. The van der Waals surface area contributed by atoms with Crippen LogP contribution < -0.4 is 4.90 Å². The number of nitrogens with zero attached hydrogens (tertiary/aromatic N) is 1. The molecule has 0 spiro atoms. The van der Waals surface area contributed by atoms with Gasteiger partial charge in [-0.3, -0.25) is 0 Å². The number of aliphatic hydroxyl groups is 1. The number of anilines is 1. The zero-order valence-corrected chi connectivity index (χ0v) is 9.63. The number of hydrogen-bond donors (Lipinski definition) is 1. The first-order valence-electron chi connectivity index (χ1n) is 4.95. The summed E-state index contributed by atoms with van der Waals surface area (Å²) in [7, 11) is 0. The predicted octanol–water partition coefficient (Wildman–Crippen LogP) is 2.19. The average molecular weight is 256 g/mol. The molecule has 0 saturated carbocycles.